The molecule has 5 heteroatoms. The quantitative estimate of drug-likeness (QED) is 0.859. The molecule has 20 heavy (non-hydrogen) atoms. The molecule has 0 spiro atoms. The first-order valence-electron chi connectivity index (χ1n) is 6.66. The van der Waals surface area contributed by atoms with Gasteiger partial charge in [-0.1, -0.05) is 12.1 Å². The molecule has 1 aromatic carbocycles. The molecule has 0 radical (unpaired) electrons. The zero-order valence-corrected chi connectivity index (χ0v) is 11.1. The van der Waals surface area contributed by atoms with Crippen LogP contribution in [0.2, 0.25) is 0 Å². The fourth-order valence-electron chi connectivity index (χ4n) is 2.16. The van der Waals surface area contributed by atoms with Gasteiger partial charge in [0.15, 0.2) is 0 Å². The average Bonchev–Trinajstić information content (AvgIpc) is 3.31. The van der Waals surface area contributed by atoms with Crippen molar-refractivity contribution in [2.45, 2.75) is 25.4 Å². The number of benzene rings is 1. The highest BCUT2D eigenvalue weighted by Crippen LogP contribution is 2.29. The third-order valence-electron chi connectivity index (χ3n) is 3.41. The summed E-state index contributed by atoms with van der Waals surface area (Å²) < 4.78 is 0. The molecule has 0 bridgehead atoms. The van der Waals surface area contributed by atoms with Gasteiger partial charge in [0.1, 0.15) is 0 Å². The first-order chi connectivity index (χ1) is 9.74. The van der Waals surface area contributed by atoms with Crippen molar-refractivity contribution in [3.63, 3.8) is 0 Å². The molecule has 0 unspecified atom stereocenters. The van der Waals surface area contributed by atoms with E-state index >= 15 is 0 Å². The van der Waals surface area contributed by atoms with Gasteiger partial charge in [-0.2, -0.15) is 10.2 Å². The normalized spacial score (nSPS) is 14.0. The van der Waals surface area contributed by atoms with Crippen LogP contribution in [-0.4, -0.2) is 27.0 Å². The van der Waals surface area contributed by atoms with Crippen LogP contribution >= 0.6 is 0 Å². The van der Waals surface area contributed by atoms with Crippen molar-refractivity contribution in [3.05, 3.63) is 53.9 Å². The standard InChI is InChI=1S/C15H16N4O/c16-13-3-1-11(2-4-13)10-19(14-5-6-14)15(20)12-7-8-17-18-9-12/h1-4,7-9,14H,5-6,10,16H2. The Kier molecular flexibility index (Phi) is 3.33. The molecule has 1 saturated carbocycles. The molecule has 102 valence electrons. The van der Waals surface area contributed by atoms with Gasteiger partial charge in [0.05, 0.1) is 18.0 Å². The summed E-state index contributed by atoms with van der Waals surface area (Å²) in [5.74, 6) is 0.0132. The molecule has 1 fully saturated rings. The number of nitrogens with zero attached hydrogens (tertiary/aromatic N) is 3. The largest absolute Gasteiger partial charge is 0.399 e. The van der Waals surface area contributed by atoms with E-state index in [-0.39, 0.29) is 5.91 Å². The Balaban J connectivity index is 1.79. The van der Waals surface area contributed by atoms with Crippen LogP contribution in [0.4, 0.5) is 5.69 Å². The number of carbonyl (C=O) groups is 1. The molecule has 0 aliphatic heterocycles. The second-order valence-corrected chi connectivity index (χ2v) is 5.04. The van der Waals surface area contributed by atoms with Crippen molar-refractivity contribution in [3.8, 4) is 0 Å². The van der Waals surface area contributed by atoms with E-state index in [1.165, 1.54) is 6.20 Å². The van der Waals surface area contributed by atoms with Gasteiger partial charge in [0.25, 0.3) is 5.91 Å². The predicted octanol–water partition coefficient (Wildman–Crippen LogP) is 1.86. The Morgan fingerprint density at radius 3 is 2.55 bits per heavy atom. The highest BCUT2D eigenvalue weighted by molar-refractivity contribution is 5.94. The first-order valence-corrected chi connectivity index (χ1v) is 6.66. The van der Waals surface area contributed by atoms with Crippen LogP contribution in [-0.2, 0) is 6.54 Å². The summed E-state index contributed by atoms with van der Waals surface area (Å²) in [6.07, 6.45) is 5.20. The summed E-state index contributed by atoms with van der Waals surface area (Å²) in [6, 6.07) is 9.69. The van der Waals surface area contributed by atoms with Crippen molar-refractivity contribution in [2.24, 2.45) is 0 Å². The minimum Gasteiger partial charge on any atom is -0.399 e. The number of hydrogen-bond acceptors (Lipinski definition) is 4. The Labute approximate surface area is 117 Å². The van der Waals surface area contributed by atoms with E-state index in [0.29, 0.717) is 18.2 Å². The van der Waals surface area contributed by atoms with Crippen molar-refractivity contribution in [2.75, 3.05) is 5.73 Å². The Morgan fingerprint density at radius 2 is 1.95 bits per heavy atom. The SMILES string of the molecule is Nc1ccc(CN(C(=O)c2ccnnc2)C2CC2)cc1. The molecule has 1 heterocycles. The van der Waals surface area contributed by atoms with Gasteiger partial charge in [0.2, 0.25) is 0 Å². The fourth-order valence-corrected chi connectivity index (χ4v) is 2.16. The number of nitrogens with two attached hydrogens (primary N) is 1. The number of rotatable bonds is 4. The molecule has 0 atom stereocenters. The zero-order valence-electron chi connectivity index (χ0n) is 11.1. The van der Waals surface area contributed by atoms with Gasteiger partial charge in [-0.25, -0.2) is 0 Å². The summed E-state index contributed by atoms with van der Waals surface area (Å²) in [5, 5.41) is 7.48. The summed E-state index contributed by atoms with van der Waals surface area (Å²) in [5.41, 5.74) is 8.09. The number of carbonyl (C=O) groups excluding carboxylic acids is 1. The molecular weight excluding hydrogens is 252 g/mol. The van der Waals surface area contributed by atoms with Crippen LogP contribution in [0.5, 0.6) is 0 Å². The highest BCUT2D eigenvalue weighted by atomic mass is 16.2. The number of anilines is 1. The molecule has 2 N–H and O–H groups in total. The monoisotopic (exact) mass is 268 g/mol. The lowest BCUT2D eigenvalue weighted by molar-refractivity contribution is 0.0729. The predicted molar refractivity (Wildman–Crippen MR) is 75.8 cm³/mol. The number of aromatic nitrogens is 2. The maximum absolute atomic E-state index is 12.5. The Morgan fingerprint density at radius 1 is 1.20 bits per heavy atom. The zero-order chi connectivity index (χ0) is 13.9. The molecule has 1 amide bonds. The van der Waals surface area contributed by atoms with E-state index in [1.807, 2.05) is 29.2 Å². The van der Waals surface area contributed by atoms with Gasteiger partial charge in [-0.15, -0.1) is 0 Å². The van der Waals surface area contributed by atoms with Crippen LogP contribution in [0.3, 0.4) is 0 Å². The molecule has 5 nitrogen and oxygen atoms in total. The number of hydrogen-bond donors (Lipinski definition) is 1. The van der Waals surface area contributed by atoms with Crippen LogP contribution in [0.25, 0.3) is 0 Å². The Bertz CT molecular complexity index is 593. The smallest absolute Gasteiger partial charge is 0.256 e. The highest BCUT2D eigenvalue weighted by Gasteiger charge is 2.33. The van der Waals surface area contributed by atoms with Crippen LogP contribution in [0, 0.1) is 0 Å². The minimum atomic E-state index is 0.0132. The second-order valence-electron chi connectivity index (χ2n) is 5.04. The average molecular weight is 268 g/mol. The third-order valence-corrected chi connectivity index (χ3v) is 3.41. The van der Waals surface area contributed by atoms with E-state index < -0.39 is 0 Å². The minimum absolute atomic E-state index is 0.0132. The van der Waals surface area contributed by atoms with Crippen molar-refractivity contribution >= 4 is 11.6 Å². The number of amides is 1. The first kappa shape index (κ1) is 12.6. The van der Waals surface area contributed by atoms with E-state index in [0.717, 1.165) is 24.1 Å². The molecule has 3 rings (SSSR count). The van der Waals surface area contributed by atoms with Gasteiger partial charge >= 0.3 is 0 Å². The van der Waals surface area contributed by atoms with Gasteiger partial charge in [0, 0.05) is 18.3 Å². The fraction of sp³-hybridized carbons (Fsp3) is 0.267. The van der Waals surface area contributed by atoms with E-state index in [4.69, 9.17) is 5.73 Å². The maximum atomic E-state index is 12.5. The van der Waals surface area contributed by atoms with Gasteiger partial charge in [-0.05, 0) is 36.6 Å². The lowest BCUT2D eigenvalue weighted by Gasteiger charge is -2.22. The molecule has 1 aliphatic rings. The summed E-state index contributed by atoms with van der Waals surface area (Å²) in [4.78, 5) is 14.4. The summed E-state index contributed by atoms with van der Waals surface area (Å²) >= 11 is 0. The third kappa shape index (κ3) is 2.77. The topological polar surface area (TPSA) is 72.1 Å². The number of nitrogen functional groups attached to an aromatic ring is 1. The van der Waals surface area contributed by atoms with E-state index in [2.05, 4.69) is 10.2 Å². The summed E-state index contributed by atoms with van der Waals surface area (Å²) in [7, 11) is 0. The molecule has 1 aliphatic carbocycles. The second kappa shape index (κ2) is 5.28. The molecule has 0 saturated heterocycles. The summed E-state index contributed by atoms with van der Waals surface area (Å²) in [6.45, 7) is 0.603. The lowest BCUT2D eigenvalue weighted by Crippen LogP contribution is -2.32. The lowest BCUT2D eigenvalue weighted by atomic mass is 10.1. The van der Waals surface area contributed by atoms with Crippen molar-refractivity contribution in [1.82, 2.24) is 15.1 Å². The van der Waals surface area contributed by atoms with Gasteiger partial charge < -0.3 is 10.6 Å². The van der Waals surface area contributed by atoms with Gasteiger partial charge in [-0.3, -0.25) is 4.79 Å². The van der Waals surface area contributed by atoms with Crippen molar-refractivity contribution in [1.29, 1.82) is 0 Å². The van der Waals surface area contributed by atoms with Crippen LogP contribution < -0.4 is 5.73 Å². The van der Waals surface area contributed by atoms with E-state index in [9.17, 15) is 4.79 Å². The molecular formula is C15H16N4O. The van der Waals surface area contributed by atoms with Crippen molar-refractivity contribution < 1.29 is 4.79 Å². The van der Waals surface area contributed by atoms with Crippen LogP contribution in [0.15, 0.2) is 42.7 Å². The Hall–Kier alpha value is -2.43. The maximum Gasteiger partial charge on any atom is 0.256 e. The van der Waals surface area contributed by atoms with E-state index in [1.54, 1.807) is 12.3 Å². The molecule has 2 aromatic rings. The van der Waals surface area contributed by atoms with Crippen LogP contribution in [0.1, 0.15) is 28.8 Å². The molecule has 1 aromatic heterocycles.